The zero-order chi connectivity index (χ0) is 25.7. The molecule has 1 aliphatic heterocycles. The van der Waals surface area contributed by atoms with Crippen molar-refractivity contribution in [3.63, 3.8) is 0 Å². The molecule has 3 rings (SSSR count). The first-order valence-corrected chi connectivity index (χ1v) is 11.7. The molecule has 1 amide bonds. The number of amides is 1. The maximum atomic E-state index is 13.6. The molecule has 8 nitrogen and oxygen atoms in total. The van der Waals surface area contributed by atoms with Crippen LogP contribution in [0.4, 0.5) is 0 Å². The maximum absolute atomic E-state index is 13.6. The maximum Gasteiger partial charge on any atom is 0.295 e. The van der Waals surface area contributed by atoms with E-state index < -0.39 is 23.5 Å². The standard InChI is InChI=1S/C27H34N2O6/c1-17(2)35-20-11-8-18(9-12-20)25(30)23-24(19-10-13-21(33-5)22(16-19)34-6)29(27(32)26(23)31)15-7-14-28(3)4/h8-13,16-17,24,30H,7,14-15H2,1-6H3/b25-23+. The molecular formula is C27H34N2O6. The lowest BCUT2D eigenvalue weighted by Gasteiger charge is -2.28. The van der Waals surface area contributed by atoms with E-state index in [4.69, 9.17) is 14.2 Å². The number of methoxy groups -OCH3 is 2. The summed E-state index contributed by atoms with van der Waals surface area (Å²) in [5.74, 6) is -0.310. The highest BCUT2D eigenvalue weighted by Crippen LogP contribution is 2.41. The minimum Gasteiger partial charge on any atom is -0.872 e. The van der Waals surface area contributed by atoms with E-state index in [2.05, 4.69) is 0 Å². The predicted octanol–water partition coefficient (Wildman–Crippen LogP) is 1.25. The van der Waals surface area contributed by atoms with Crippen molar-refractivity contribution in [2.75, 3.05) is 41.4 Å². The summed E-state index contributed by atoms with van der Waals surface area (Å²) in [4.78, 5) is 29.0. The van der Waals surface area contributed by atoms with Crippen LogP contribution in [0.15, 0.2) is 48.0 Å². The van der Waals surface area contributed by atoms with Gasteiger partial charge in [-0.05, 0) is 49.2 Å². The molecule has 8 heteroatoms. The van der Waals surface area contributed by atoms with Gasteiger partial charge in [0, 0.05) is 18.5 Å². The van der Waals surface area contributed by atoms with Crippen molar-refractivity contribution in [3.8, 4) is 17.2 Å². The van der Waals surface area contributed by atoms with Gasteiger partial charge in [0.25, 0.3) is 5.91 Å². The van der Waals surface area contributed by atoms with Gasteiger partial charge >= 0.3 is 0 Å². The van der Waals surface area contributed by atoms with Gasteiger partial charge in [-0.25, -0.2) is 0 Å². The molecule has 1 unspecified atom stereocenters. The second-order valence-electron chi connectivity index (χ2n) is 9.09. The molecule has 1 aliphatic rings. The number of ether oxygens (including phenoxy) is 3. The summed E-state index contributed by atoms with van der Waals surface area (Å²) in [7, 11) is 7.09. The number of benzene rings is 2. The molecule has 2 aromatic rings. The fourth-order valence-corrected chi connectivity index (χ4v) is 4.19. The third kappa shape index (κ3) is 5.77. The molecule has 0 aromatic heterocycles. The van der Waals surface area contributed by atoms with E-state index >= 15 is 0 Å². The van der Waals surface area contributed by atoms with Gasteiger partial charge in [0.15, 0.2) is 11.5 Å². The Labute approximate surface area is 206 Å². The molecule has 2 aromatic carbocycles. The molecule has 1 saturated heterocycles. The average molecular weight is 483 g/mol. The van der Waals surface area contributed by atoms with Crippen LogP contribution in [-0.2, 0) is 9.59 Å². The van der Waals surface area contributed by atoms with E-state index in [1.807, 2.05) is 27.9 Å². The Kier molecular flexibility index (Phi) is 8.40. The second kappa shape index (κ2) is 11.3. The highest BCUT2D eigenvalue weighted by molar-refractivity contribution is 6.46. The van der Waals surface area contributed by atoms with E-state index in [1.54, 1.807) is 42.5 Å². The van der Waals surface area contributed by atoms with Crippen LogP contribution in [0.3, 0.4) is 0 Å². The predicted molar refractivity (Wildman–Crippen MR) is 130 cm³/mol. The number of hydrogen-bond donors (Lipinski definition) is 1. The largest absolute Gasteiger partial charge is 0.872 e. The van der Waals surface area contributed by atoms with Crippen LogP contribution in [0, 0.1) is 0 Å². The number of carbonyl (C=O) groups excluding carboxylic acids is 2. The van der Waals surface area contributed by atoms with Crippen LogP contribution in [0.5, 0.6) is 17.2 Å². The average Bonchev–Trinajstić information content (AvgIpc) is 3.08. The highest BCUT2D eigenvalue weighted by atomic mass is 16.5. The molecule has 0 aliphatic carbocycles. The fraction of sp³-hybridized carbons (Fsp3) is 0.407. The molecule has 0 bridgehead atoms. The Bertz CT molecular complexity index is 1090. The first-order valence-electron chi connectivity index (χ1n) is 11.7. The molecule has 0 spiro atoms. The fourth-order valence-electron chi connectivity index (χ4n) is 4.19. The van der Waals surface area contributed by atoms with E-state index in [-0.39, 0.29) is 11.7 Å². The van der Waals surface area contributed by atoms with Crippen LogP contribution in [0.2, 0.25) is 0 Å². The summed E-state index contributed by atoms with van der Waals surface area (Å²) >= 11 is 0. The van der Waals surface area contributed by atoms with Crippen molar-refractivity contribution >= 4 is 17.4 Å². The zero-order valence-corrected chi connectivity index (χ0v) is 21.2. The van der Waals surface area contributed by atoms with Gasteiger partial charge in [-0.15, -0.1) is 0 Å². The Morgan fingerprint density at radius 1 is 1.03 bits per heavy atom. The third-order valence-corrected chi connectivity index (χ3v) is 5.82. The summed E-state index contributed by atoms with van der Waals surface area (Å²) < 4.78 is 16.4. The molecule has 1 heterocycles. The van der Waals surface area contributed by atoms with Gasteiger partial charge in [-0.3, -0.25) is 9.59 Å². The molecule has 35 heavy (non-hydrogen) atoms. The molecular weight excluding hydrogens is 448 g/mol. The number of quaternary nitrogens is 1. The van der Waals surface area contributed by atoms with Crippen LogP contribution >= 0.6 is 0 Å². The van der Waals surface area contributed by atoms with Gasteiger partial charge in [0.2, 0.25) is 5.78 Å². The van der Waals surface area contributed by atoms with Crippen molar-refractivity contribution in [1.29, 1.82) is 0 Å². The number of carbonyl (C=O) groups is 2. The molecule has 1 atom stereocenters. The van der Waals surface area contributed by atoms with Crippen LogP contribution in [-0.4, -0.2) is 64.1 Å². The number of nitrogens with zero attached hydrogens (tertiary/aromatic N) is 1. The van der Waals surface area contributed by atoms with Crippen LogP contribution < -0.4 is 24.2 Å². The topological polar surface area (TPSA) is 92.6 Å². The van der Waals surface area contributed by atoms with Crippen molar-refractivity contribution in [1.82, 2.24) is 4.90 Å². The quantitative estimate of drug-likeness (QED) is 0.311. The molecule has 1 N–H and O–H groups in total. The Hall–Kier alpha value is -3.52. The summed E-state index contributed by atoms with van der Waals surface area (Å²) in [6.45, 7) is 5.00. The van der Waals surface area contributed by atoms with E-state index in [0.717, 1.165) is 6.54 Å². The first-order chi connectivity index (χ1) is 16.7. The Morgan fingerprint density at radius 2 is 1.69 bits per heavy atom. The van der Waals surface area contributed by atoms with Crippen LogP contribution in [0.25, 0.3) is 5.76 Å². The van der Waals surface area contributed by atoms with E-state index in [1.165, 1.54) is 24.0 Å². The normalized spacial score (nSPS) is 17.4. The Morgan fingerprint density at radius 3 is 2.26 bits per heavy atom. The number of Topliss-reactive ketones (excluding diaryl/α,β-unsaturated/α-hetero) is 1. The highest BCUT2D eigenvalue weighted by Gasteiger charge is 2.44. The number of likely N-dealkylation sites (tertiary alicyclic amines) is 1. The van der Waals surface area contributed by atoms with Crippen molar-refractivity contribution in [2.24, 2.45) is 0 Å². The number of hydrogen-bond acceptors (Lipinski definition) is 6. The van der Waals surface area contributed by atoms with Crippen molar-refractivity contribution in [2.45, 2.75) is 32.4 Å². The van der Waals surface area contributed by atoms with Crippen LogP contribution in [0.1, 0.15) is 37.4 Å². The van der Waals surface area contributed by atoms with Crippen molar-refractivity contribution < 1.29 is 33.8 Å². The Balaban J connectivity index is 2.09. The number of nitrogens with one attached hydrogen (secondary N) is 1. The number of rotatable bonds is 10. The molecule has 188 valence electrons. The third-order valence-electron chi connectivity index (χ3n) is 5.82. The molecule has 1 fully saturated rings. The summed E-state index contributed by atoms with van der Waals surface area (Å²) in [5, 5.41) is 13.6. The minimum absolute atomic E-state index is 0.00745. The lowest BCUT2D eigenvalue weighted by Crippen LogP contribution is -3.05. The van der Waals surface area contributed by atoms with Gasteiger partial charge in [-0.2, -0.15) is 0 Å². The molecule has 0 saturated carbocycles. The summed E-state index contributed by atoms with van der Waals surface area (Å²) in [5.41, 5.74) is 0.876. The van der Waals surface area contributed by atoms with Gasteiger partial charge in [0.05, 0.1) is 47.0 Å². The van der Waals surface area contributed by atoms with Gasteiger partial charge < -0.3 is 29.1 Å². The minimum atomic E-state index is -0.814. The smallest absolute Gasteiger partial charge is 0.295 e. The second-order valence-corrected chi connectivity index (χ2v) is 9.09. The lowest BCUT2D eigenvalue weighted by molar-refractivity contribution is -0.858. The summed E-state index contributed by atoms with van der Waals surface area (Å²) in [6.07, 6.45) is 0.681. The van der Waals surface area contributed by atoms with Crippen molar-refractivity contribution in [3.05, 3.63) is 59.2 Å². The lowest BCUT2D eigenvalue weighted by atomic mass is 9.95. The summed E-state index contributed by atoms with van der Waals surface area (Å²) in [6, 6.07) is 11.0. The number of ketones is 1. The zero-order valence-electron chi connectivity index (χ0n) is 21.2. The monoisotopic (exact) mass is 482 g/mol. The van der Waals surface area contributed by atoms with Gasteiger partial charge in [0.1, 0.15) is 5.75 Å². The van der Waals surface area contributed by atoms with E-state index in [0.29, 0.717) is 41.3 Å². The van der Waals surface area contributed by atoms with E-state index in [9.17, 15) is 14.7 Å². The molecule has 0 radical (unpaired) electrons. The van der Waals surface area contributed by atoms with Gasteiger partial charge in [-0.1, -0.05) is 24.0 Å². The SMILES string of the molecule is COc1ccc(C2/C(=C(\[O-])c3ccc(OC(C)C)cc3)C(=O)C(=O)N2CCC[NH+](C)C)cc1OC. The first kappa shape index (κ1) is 26.1.